The maximum Gasteiger partial charge on any atom is 0.217 e. The van der Waals surface area contributed by atoms with Crippen molar-refractivity contribution in [2.45, 2.75) is 37.5 Å². The van der Waals surface area contributed by atoms with E-state index in [1.165, 1.54) is 12.8 Å². The van der Waals surface area contributed by atoms with Crippen LogP contribution in [0.25, 0.3) is 0 Å². The van der Waals surface area contributed by atoms with Gasteiger partial charge in [0.1, 0.15) is 0 Å². The van der Waals surface area contributed by atoms with Gasteiger partial charge in [0.15, 0.2) is 0 Å². The van der Waals surface area contributed by atoms with Crippen LogP contribution in [0.3, 0.4) is 0 Å². The van der Waals surface area contributed by atoms with Crippen molar-refractivity contribution in [2.75, 3.05) is 40.3 Å². The van der Waals surface area contributed by atoms with Crippen molar-refractivity contribution in [3.8, 4) is 0 Å². The normalized spacial score (nSPS) is 31.9. The van der Waals surface area contributed by atoms with Gasteiger partial charge in [0.25, 0.3) is 0 Å². The fourth-order valence-corrected chi connectivity index (χ4v) is 5.14. The summed E-state index contributed by atoms with van der Waals surface area (Å²) in [6, 6.07) is 0.583. The predicted molar refractivity (Wildman–Crippen MR) is 77.6 cm³/mol. The maximum atomic E-state index is 12.5. The minimum Gasteiger partial charge on any atom is -0.318 e. The first-order valence-electron chi connectivity index (χ1n) is 7.30. The van der Waals surface area contributed by atoms with E-state index in [0.717, 1.165) is 13.0 Å². The third-order valence-electron chi connectivity index (χ3n) is 4.67. The van der Waals surface area contributed by atoms with Gasteiger partial charge in [-0.2, -0.15) is 0 Å². The Morgan fingerprint density at radius 3 is 2.74 bits per heavy atom. The molecule has 0 bridgehead atoms. The van der Waals surface area contributed by atoms with E-state index in [0.29, 0.717) is 31.6 Å². The summed E-state index contributed by atoms with van der Waals surface area (Å²) in [5.74, 6) is 0.518. The zero-order valence-corrected chi connectivity index (χ0v) is 13.1. The average Bonchev–Trinajstić information content (AvgIpc) is 2.39. The number of piperidine rings is 2. The van der Waals surface area contributed by atoms with Crippen LogP contribution in [-0.4, -0.2) is 69.2 Å². The Morgan fingerprint density at radius 1 is 1.32 bits per heavy atom. The predicted octanol–water partition coefficient (Wildman–Crippen LogP) is 0.340. The van der Waals surface area contributed by atoms with Crippen molar-refractivity contribution >= 4 is 10.0 Å². The Labute approximate surface area is 117 Å². The van der Waals surface area contributed by atoms with Gasteiger partial charge in [-0.1, -0.05) is 0 Å². The molecule has 1 N–H and O–H groups in total. The average molecular weight is 289 g/mol. The van der Waals surface area contributed by atoms with Crippen molar-refractivity contribution in [3.05, 3.63) is 0 Å². The van der Waals surface area contributed by atoms with Crippen LogP contribution >= 0.6 is 0 Å². The Kier molecular flexibility index (Phi) is 4.87. The van der Waals surface area contributed by atoms with E-state index in [-0.39, 0.29) is 5.25 Å². The van der Waals surface area contributed by atoms with Crippen LogP contribution in [-0.2, 0) is 10.0 Å². The lowest BCUT2D eigenvalue weighted by atomic mass is 9.85. The maximum absolute atomic E-state index is 12.5. The van der Waals surface area contributed by atoms with E-state index in [1.54, 1.807) is 18.3 Å². The number of nitrogens with zero attached hydrogens (tertiary/aromatic N) is 2. The molecule has 2 aliphatic rings. The van der Waals surface area contributed by atoms with Crippen LogP contribution in [0.5, 0.6) is 0 Å². The van der Waals surface area contributed by atoms with Gasteiger partial charge in [-0.3, -0.25) is 0 Å². The molecular weight excluding hydrogens is 262 g/mol. The highest BCUT2D eigenvalue weighted by molar-refractivity contribution is 7.89. The molecule has 6 heteroatoms. The number of likely N-dealkylation sites (tertiary alicyclic amines) is 1. The monoisotopic (exact) mass is 289 g/mol. The lowest BCUT2D eigenvalue weighted by Gasteiger charge is -2.45. The van der Waals surface area contributed by atoms with Gasteiger partial charge in [0, 0.05) is 25.7 Å². The summed E-state index contributed by atoms with van der Waals surface area (Å²) >= 11 is 0. The zero-order valence-electron chi connectivity index (χ0n) is 12.3. The van der Waals surface area contributed by atoms with Crippen molar-refractivity contribution in [1.82, 2.24) is 14.5 Å². The van der Waals surface area contributed by atoms with Crippen molar-refractivity contribution in [1.29, 1.82) is 0 Å². The molecule has 19 heavy (non-hydrogen) atoms. The summed E-state index contributed by atoms with van der Waals surface area (Å²) < 4.78 is 26.7. The quantitative estimate of drug-likeness (QED) is 0.811. The Balaban J connectivity index is 2.04. The highest BCUT2D eigenvalue weighted by Crippen LogP contribution is 2.31. The molecule has 5 nitrogen and oxygen atoms in total. The summed E-state index contributed by atoms with van der Waals surface area (Å²) in [4.78, 5) is 2.41. The first-order valence-corrected chi connectivity index (χ1v) is 8.81. The molecule has 0 aromatic heterocycles. The molecule has 0 aromatic rings. The van der Waals surface area contributed by atoms with Gasteiger partial charge in [0.05, 0.1) is 5.25 Å². The third-order valence-corrected chi connectivity index (χ3v) is 6.90. The molecule has 0 radical (unpaired) electrons. The number of sulfonamides is 1. The van der Waals surface area contributed by atoms with Gasteiger partial charge in [0.2, 0.25) is 10.0 Å². The molecule has 112 valence electrons. The molecule has 2 heterocycles. The summed E-state index contributed by atoms with van der Waals surface area (Å²) in [7, 11) is 0.831. The number of hydrogen-bond donors (Lipinski definition) is 1. The summed E-state index contributed by atoms with van der Waals surface area (Å²) in [6.45, 7) is 4.87. The minimum absolute atomic E-state index is 0.338. The number of rotatable bonds is 4. The lowest BCUT2D eigenvalue weighted by Crippen LogP contribution is -2.55. The van der Waals surface area contributed by atoms with E-state index in [4.69, 9.17) is 0 Å². The standard InChI is InChI=1S/C13H27N3O2S/c1-11(9-14-2)19(17,18)16-8-6-13-12(10-16)5-4-7-15(13)3/h11-14H,4-10H2,1-3H3. The molecule has 0 aromatic carbocycles. The van der Waals surface area contributed by atoms with E-state index < -0.39 is 10.0 Å². The van der Waals surface area contributed by atoms with Crippen molar-refractivity contribution in [2.24, 2.45) is 5.92 Å². The van der Waals surface area contributed by atoms with Crippen LogP contribution in [0.1, 0.15) is 26.2 Å². The van der Waals surface area contributed by atoms with E-state index in [1.807, 2.05) is 0 Å². The summed E-state index contributed by atoms with van der Waals surface area (Å²) in [5.41, 5.74) is 0. The fourth-order valence-electron chi connectivity index (χ4n) is 3.50. The van der Waals surface area contributed by atoms with E-state index in [2.05, 4.69) is 17.3 Å². The molecule has 2 rings (SSSR count). The zero-order chi connectivity index (χ0) is 14.0. The van der Waals surface area contributed by atoms with Gasteiger partial charge in [-0.15, -0.1) is 0 Å². The smallest absolute Gasteiger partial charge is 0.217 e. The van der Waals surface area contributed by atoms with Crippen LogP contribution in [0.15, 0.2) is 0 Å². The van der Waals surface area contributed by atoms with E-state index in [9.17, 15) is 8.42 Å². The van der Waals surface area contributed by atoms with Crippen molar-refractivity contribution in [3.63, 3.8) is 0 Å². The van der Waals surface area contributed by atoms with Crippen LogP contribution in [0.4, 0.5) is 0 Å². The first-order chi connectivity index (χ1) is 8.96. The Bertz CT molecular complexity index is 399. The minimum atomic E-state index is -3.14. The van der Waals surface area contributed by atoms with Gasteiger partial charge in [-0.05, 0) is 52.7 Å². The summed E-state index contributed by atoms with van der Waals surface area (Å²) in [5, 5.41) is 2.62. The molecule has 0 saturated carbocycles. The molecule has 0 aliphatic carbocycles. The molecule has 2 aliphatic heterocycles. The Morgan fingerprint density at radius 2 is 2.05 bits per heavy atom. The summed E-state index contributed by atoms with van der Waals surface area (Å²) in [6.07, 6.45) is 3.34. The number of nitrogens with one attached hydrogen (secondary N) is 1. The molecule has 0 amide bonds. The fraction of sp³-hybridized carbons (Fsp3) is 1.00. The highest BCUT2D eigenvalue weighted by Gasteiger charge is 2.39. The van der Waals surface area contributed by atoms with Gasteiger partial charge in [-0.25, -0.2) is 12.7 Å². The van der Waals surface area contributed by atoms with Gasteiger partial charge < -0.3 is 10.2 Å². The lowest BCUT2D eigenvalue weighted by molar-refractivity contribution is 0.0668. The van der Waals surface area contributed by atoms with Crippen LogP contribution in [0, 0.1) is 5.92 Å². The van der Waals surface area contributed by atoms with Crippen LogP contribution in [0.2, 0.25) is 0 Å². The molecule has 2 fully saturated rings. The molecule has 3 unspecified atom stereocenters. The van der Waals surface area contributed by atoms with Crippen LogP contribution < -0.4 is 5.32 Å². The second-order valence-electron chi connectivity index (χ2n) is 6.01. The first kappa shape index (κ1) is 15.2. The number of hydrogen-bond acceptors (Lipinski definition) is 4. The van der Waals surface area contributed by atoms with E-state index >= 15 is 0 Å². The molecule has 0 spiro atoms. The van der Waals surface area contributed by atoms with Crippen molar-refractivity contribution < 1.29 is 8.42 Å². The SMILES string of the molecule is CNCC(C)S(=O)(=O)N1CCC2C(CCCN2C)C1. The molecule has 3 atom stereocenters. The number of fused-ring (bicyclic) bond motifs is 1. The third kappa shape index (κ3) is 3.12. The largest absolute Gasteiger partial charge is 0.318 e. The molecular formula is C13H27N3O2S. The highest BCUT2D eigenvalue weighted by atomic mass is 32.2. The molecule has 2 saturated heterocycles. The Hall–Kier alpha value is -0.170. The topological polar surface area (TPSA) is 52.7 Å². The second-order valence-corrected chi connectivity index (χ2v) is 8.36. The second kappa shape index (κ2) is 6.08. The van der Waals surface area contributed by atoms with Gasteiger partial charge >= 0.3 is 0 Å².